The van der Waals surface area contributed by atoms with E-state index in [1.54, 1.807) is 12.3 Å². The Bertz CT molecular complexity index is 915. The summed E-state index contributed by atoms with van der Waals surface area (Å²) in [4.78, 5) is 25.2. The van der Waals surface area contributed by atoms with Crippen LogP contribution < -0.4 is 0 Å². The molecule has 0 atom stereocenters. The highest BCUT2D eigenvalue weighted by Gasteiger charge is 2.27. The van der Waals surface area contributed by atoms with Gasteiger partial charge in [0.1, 0.15) is 11.6 Å². The molecule has 1 aliphatic carbocycles. The first kappa shape index (κ1) is 15.7. The number of esters is 1. The normalized spacial score (nSPS) is 14.0. The summed E-state index contributed by atoms with van der Waals surface area (Å²) < 4.78 is 7.52. The highest BCUT2D eigenvalue weighted by molar-refractivity contribution is 5.87. The Labute approximate surface area is 145 Å². The zero-order valence-electron chi connectivity index (χ0n) is 14.2. The number of hydrogen-bond donors (Lipinski definition) is 0. The van der Waals surface area contributed by atoms with Gasteiger partial charge >= 0.3 is 5.97 Å². The van der Waals surface area contributed by atoms with Crippen molar-refractivity contribution in [2.75, 3.05) is 6.61 Å². The fourth-order valence-corrected chi connectivity index (χ4v) is 2.97. The molecule has 6 heteroatoms. The predicted octanol–water partition coefficient (Wildman–Crippen LogP) is 3.26. The molecule has 0 bridgehead atoms. The summed E-state index contributed by atoms with van der Waals surface area (Å²) >= 11 is 0. The summed E-state index contributed by atoms with van der Waals surface area (Å²) in [7, 11) is 0. The van der Waals surface area contributed by atoms with E-state index in [1.165, 1.54) is 0 Å². The van der Waals surface area contributed by atoms with Crippen molar-refractivity contribution in [1.82, 2.24) is 19.5 Å². The Morgan fingerprint density at radius 1 is 1.24 bits per heavy atom. The number of para-hydroxylation sites is 2. The van der Waals surface area contributed by atoms with Crippen LogP contribution in [0, 0.1) is 6.92 Å². The van der Waals surface area contributed by atoms with Gasteiger partial charge in [0.25, 0.3) is 0 Å². The third-order valence-corrected chi connectivity index (χ3v) is 4.43. The maximum absolute atomic E-state index is 12.1. The van der Waals surface area contributed by atoms with Crippen LogP contribution in [0.1, 0.15) is 47.3 Å². The fraction of sp³-hybridized carbons (Fsp3) is 0.368. The van der Waals surface area contributed by atoms with Gasteiger partial charge in [0.05, 0.1) is 17.6 Å². The average molecular weight is 336 g/mol. The first-order chi connectivity index (χ1) is 12.2. The van der Waals surface area contributed by atoms with Crippen LogP contribution in [0.4, 0.5) is 0 Å². The van der Waals surface area contributed by atoms with Gasteiger partial charge in [-0.15, -0.1) is 0 Å². The number of benzene rings is 1. The maximum atomic E-state index is 12.1. The number of carbonyl (C=O) groups is 1. The third-order valence-electron chi connectivity index (χ3n) is 4.43. The third kappa shape index (κ3) is 3.38. The molecule has 1 aromatic carbocycles. The van der Waals surface area contributed by atoms with Crippen molar-refractivity contribution in [1.29, 1.82) is 0 Å². The molecule has 2 heterocycles. The number of fused-ring (bicyclic) bond motifs is 1. The lowest BCUT2D eigenvalue weighted by Gasteiger charge is -2.08. The van der Waals surface area contributed by atoms with Gasteiger partial charge in [-0.2, -0.15) is 0 Å². The van der Waals surface area contributed by atoms with E-state index in [2.05, 4.69) is 25.6 Å². The Balaban J connectivity index is 1.34. The molecule has 0 spiro atoms. The molecule has 0 unspecified atom stereocenters. The molecule has 6 nitrogen and oxygen atoms in total. The van der Waals surface area contributed by atoms with Crippen LogP contribution in [-0.4, -0.2) is 32.1 Å². The molecule has 25 heavy (non-hydrogen) atoms. The van der Waals surface area contributed by atoms with Crippen molar-refractivity contribution in [2.24, 2.45) is 0 Å². The SMILES string of the molecule is Cc1nc2ccccc2n1CCCOC(=O)c1ccnc(C2CC2)n1. The van der Waals surface area contributed by atoms with Crippen molar-refractivity contribution in [3.05, 3.63) is 53.9 Å². The summed E-state index contributed by atoms with van der Waals surface area (Å²) in [5, 5.41) is 0. The minimum Gasteiger partial charge on any atom is -0.461 e. The summed E-state index contributed by atoms with van der Waals surface area (Å²) in [6.45, 7) is 3.11. The molecule has 1 saturated carbocycles. The second kappa shape index (κ2) is 6.63. The monoisotopic (exact) mass is 336 g/mol. The molecule has 0 N–H and O–H groups in total. The molecular weight excluding hydrogens is 316 g/mol. The van der Waals surface area contributed by atoms with Gasteiger partial charge in [-0.3, -0.25) is 0 Å². The lowest BCUT2D eigenvalue weighted by molar-refractivity contribution is 0.0488. The molecule has 0 aliphatic heterocycles. The highest BCUT2D eigenvalue weighted by atomic mass is 16.5. The molecule has 0 amide bonds. The van der Waals surface area contributed by atoms with Crippen molar-refractivity contribution in [3.63, 3.8) is 0 Å². The number of carbonyl (C=O) groups excluding carboxylic acids is 1. The van der Waals surface area contributed by atoms with Gasteiger partial charge in [-0.25, -0.2) is 19.7 Å². The zero-order chi connectivity index (χ0) is 17.2. The molecule has 0 radical (unpaired) electrons. The van der Waals surface area contributed by atoms with E-state index >= 15 is 0 Å². The Hall–Kier alpha value is -2.76. The van der Waals surface area contributed by atoms with Gasteiger partial charge in [0, 0.05) is 18.7 Å². The van der Waals surface area contributed by atoms with E-state index in [1.807, 2.05) is 25.1 Å². The Morgan fingerprint density at radius 3 is 2.92 bits per heavy atom. The van der Waals surface area contributed by atoms with Gasteiger partial charge < -0.3 is 9.30 Å². The van der Waals surface area contributed by atoms with E-state index in [4.69, 9.17) is 4.74 Å². The van der Waals surface area contributed by atoms with E-state index in [9.17, 15) is 4.79 Å². The molecule has 1 fully saturated rings. The first-order valence-corrected chi connectivity index (χ1v) is 8.64. The van der Waals surface area contributed by atoms with E-state index in [0.29, 0.717) is 18.2 Å². The van der Waals surface area contributed by atoms with Crippen LogP contribution >= 0.6 is 0 Å². The smallest absolute Gasteiger partial charge is 0.357 e. The zero-order valence-corrected chi connectivity index (χ0v) is 14.2. The van der Waals surface area contributed by atoms with Gasteiger partial charge in [0.2, 0.25) is 0 Å². The second-order valence-electron chi connectivity index (χ2n) is 6.36. The molecule has 4 rings (SSSR count). The van der Waals surface area contributed by atoms with Crippen molar-refractivity contribution >= 4 is 17.0 Å². The van der Waals surface area contributed by atoms with Crippen LogP contribution in [0.3, 0.4) is 0 Å². The molecule has 128 valence electrons. The lowest BCUT2D eigenvalue weighted by atomic mass is 10.3. The molecule has 1 aliphatic rings. The summed E-state index contributed by atoms with van der Waals surface area (Å²) in [6.07, 6.45) is 4.58. The summed E-state index contributed by atoms with van der Waals surface area (Å²) in [5.41, 5.74) is 2.45. The molecule has 2 aromatic heterocycles. The lowest BCUT2D eigenvalue weighted by Crippen LogP contribution is -2.12. The van der Waals surface area contributed by atoms with E-state index in [-0.39, 0.29) is 5.97 Å². The van der Waals surface area contributed by atoms with Gasteiger partial charge in [0.15, 0.2) is 5.69 Å². The van der Waals surface area contributed by atoms with Crippen molar-refractivity contribution in [3.8, 4) is 0 Å². The van der Waals surface area contributed by atoms with E-state index < -0.39 is 0 Å². The molecule has 0 saturated heterocycles. The number of imidazole rings is 1. The van der Waals surface area contributed by atoms with Gasteiger partial charge in [-0.05, 0) is 44.4 Å². The quantitative estimate of drug-likeness (QED) is 0.510. The van der Waals surface area contributed by atoms with E-state index in [0.717, 1.165) is 48.5 Å². The average Bonchev–Trinajstić information content (AvgIpc) is 3.43. The summed E-state index contributed by atoms with van der Waals surface area (Å²) in [6, 6.07) is 9.67. The number of ether oxygens (including phenoxy) is 1. The Kier molecular flexibility index (Phi) is 4.17. The van der Waals surface area contributed by atoms with Crippen LogP contribution in [0.5, 0.6) is 0 Å². The number of hydrogen-bond acceptors (Lipinski definition) is 5. The summed E-state index contributed by atoms with van der Waals surface area (Å²) in [5.74, 6) is 1.77. The van der Waals surface area contributed by atoms with Crippen LogP contribution in [-0.2, 0) is 11.3 Å². The van der Waals surface area contributed by atoms with Gasteiger partial charge in [-0.1, -0.05) is 12.1 Å². The number of aromatic nitrogens is 4. The highest BCUT2D eigenvalue weighted by Crippen LogP contribution is 2.37. The maximum Gasteiger partial charge on any atom is 0.357 e. The van der Waals surface area contributed by atoms with Crippen LogP contribution in [0.25, 0.3) is 11.0 Å². The minimum atomic E-state index is -0.378. The molecule has 3 aromatic rings. The largest absolute Gasteiger partial charge is 0.461 e. The topological polar surface area (TPSA) is 69.9 Å². The minimum absolute atomic E-state index is 0.348. The standard InChI is InChI=1S/C19H20N4O2/c1-13-21-15-5-2-3-6-17(15)23(13)11-4-12-25-19(24)16-9-10-20-18(22-16)14-7-8-14/h2-3,5-6,9-10,14H,4,7-8,11-12H2,1H3. The van der Waals surface area contributed by atoms with Crippen LogP contribution in [0.15, 0.2) is 36.5 Å². The Morgan fingerprint density at radius 2 is 2.08 bits per heavy atom. The second-order valence-corrected chi connectivity index (χ2v) is 6.36. The number of aryl methyl sites for hydroxylation is 2. The first-order valence-electron chi connectivity index (χ1n) is 8.64. The molecular formula is C19H20N4O2. The fourth-order valence-electron chi connectivity index (χ4n) is 2.97. The van der Waals surface area contributed by atoms with Crippen molar-refractivity contribution in [2.45, 2.75) is 38.6 Å². The van der Waals surface area contributed by atoms with Crippen molar-refractivity contribution < 1.29 is 9.53 Å². The number of rotatable bonds is 6. The predicted molar refractivity (Wildman–Crippen MR) is 93.4 cm³/mol. The number of nitrogens with zero attached hydrogens (tertiary/aromatic N) is 4. The van der Waals surface area contributed by atoms with Crippen LogP contribution in [0.2, 0.25) is 0 Å².